The second-order valence-electron chi connectivity index (χ2n) is 7.96. The van der Waals surface area contributed by atoms with E-state index in [4.69, 9.17) is 14.5 Å². The lowest BCUT2D eigenvalue weighted by atomic mass is 10.0. The molecule has 4 heterocycles. The molecule has 0 bridgehead atoms. The highest BCUT2D eigenvalue weighted by molar-refractivity contribution is 6.02. The third-order valence-corrected chi connectivity index (χ3v) is 5.91. The van der Waals surface area contributed by atoms with Crippen molar-refractivity contribution in [2.24, 2.45) is 0 Å². The molecule has 4 aromatic rings. The molecule has 1 saturated heterocycles. The number of benzene rings is 1. The van der Waals surface area contributed by atoms with Gasteiger partial charge in [0, 0.05) is 30.1 Å². The van der Waals surface area contributed by atoms with E-state index >= 15 is 0 Å². The minimum Gasteiger partial charge on any atom is -0.495 e. The van der Waals surface area contributed by atoms with Crippen molar-refractivity contribution in [3.63, 3.8) is 0 Å². The van der Waals surface area contributed by atoms with Crippen LogP contribution in [0.1, 0.15) is 42.9 Å². The molecule has 0 radical (unpaired) electrons. The summed E-state index contributed by atoms with van der Waals surface area (Å²) in [5.74, 6) is 1.68. The number of rotatable bonds is 4. The van der Waals surface area contributed by atoms with E-state index in [2.05, 4.69) is 27.5 Å². The van der Waals surface area contributed by atoms with Crippen LogP contribution in [0.25, 0.3) is 21.9 Å². The van der Waals surface area contributed by atoms with E-state index in [0.29, 0.717) is 12.0 Å². The number of methoxy groups -OCH3 is 1. The van der Waals surface area contributed by atoms with Crippen LogP contribution in [0, 0.1) is 11.3 Å². The number of pyridine rings is 2. The molecule has 0 saturated carbocycles. The fraction of sp³-hybridized carbons (Fsp3) is 0.333. The SMILES string of the molecule is COc1ccc(Cc2nc3cnc4ccc(C#N)cc4c3n2C2CCO[C@H](C)C2)nc1. The van der Waals surface area contributed by atoms with Crippen LogP contribution in [0.5, 0.6) is 5.75 Å². The third-order valence-electron chi connectivity index (χ3n) is 5.91. The van der Waals surface area contributed by atoms with Crippen LogP contribution in [-0.4, -0.2) is 39.3 Å². The average molecular weight is 413 g/mol. The first kappa shape index (κ1) is 19.5. The van der Waals surface area contributed by atoms with Crippen molar-refractivity contribution in [2.45, 2.75) is 38.3 Å². The Morgan fingerprint density at radius 2 is 2.10 bits per heavy atom. The van der Waals surface area contributed by atoms with Crippen molar-refractivity contribution < 1.29 is 9.47 Å². The Hall–Kier alpha value is -3.50. The molecular formula is C24H23N5O2. The Bertz CT molecular complexity index is 1290. The van der Waals surface area contributed by atoms with Crippen LogP contribution in [0.2, 0.25) is 0 Å². The highest BCUT2D eigenvalue weighted by atomic mass is 16.5. The van der Waals surface area contributed by atoms with Gasteiger partial charge in [-0.25, -0.2) is 4.98 Å². The molecule has 0 amide bonds. The van der Waals surface area contributed by atoms with Crippen LogP contribution in [0.3, 0.4) is 0 Å². The number of nitrogens with zero attached hydrogens (tertiary/aromatic N) is 5. The summed E-state index contributed by atoms with van der Waals surface area (Å²) >= 11 is 0. The average Bonchev–Trinajstić information content (AvgIpc) is 3.17. The summed E-state index contributed by atoms with van der Waals surface area (Å²) in [4.78, 5) is 14.1. The molecule has 0 aliphatic carbocycles. The number of hydrogen-bond donors (Lipinski definition) is 0. The first-order valence-corrected chi connectivity index (χ1v) is 10.5. The van der Waals surface area contributed by atoms with Gasteiger partial charge in [0.25, 0.3) is 0 Å². The van der Waals surface area contributed by atoms with E-state index in [0.717, 1.165) is 58.7 Å². The monoisotopic (exact) mass is 413 g/mol. The molecule has 0 N–H and O–H groups in total. The Labute approximate surface area is 180 Å². The molecule has 156 valence electrons. The third kappa shape index (κ3) is 3.60. The van der Waals surface area contributed by atoms with Crippen molar-refractivity contribution in [3.05, 3.63) is 59.8 Å². The minimum atomic E-state index is 0.186. The Morgan fingerprint density at radius 3 is 2.84 bits per heavy atom. The van der Waals surface area contributed by atoms with Gasteiger partial charge in [0.05, 0.1) is 48.3 Å². The topological polar surface area (TPSA) is 85.9 Å². The van der Waals surface area contributed by atoms with E-state index in [-0.39, 0.29) is 12.1 Å². The fourth-order valence-electron chi connectivity index (χ4n) is 4.42. The maximum Gasteiger partial charge on any atom is 0.137 e. The van der Waals surface area contributed by atoms with E-state index in [9.17, 15) is 5.26 Å². The first-order chi connectivity index (χ1) is 15.2. The lowest BCUT2D eigenvalue weighted by molar-refractivity contribution is 0.00631. The largest absolute Gasteiger partial charge is 0.495 e. The molecule has 7 nitrogen and oxygen atoms in total. The van der Waals surface area contributed by atoms with Crippen LogP contribution < -0.4 is 4.74 Å². The predicted molar refractivity (Wildman–Crippen MR) is 117 cm³/mol. The van der Waals surface area contributed by atoms with Gasteiger partial charge in [-0.3, -0.25) is 9.97 Å². The number of aromatic nitrogens is 4. The maximum atomic E-state index is 9.44. The minimum absolute atomic E-state index is 0.186. The molecule has 3 aromatic heterocycles. The van der Waals surface area contributed by atoms with Crippen molar-refractivity contribution in [2.75, 3.05) is 13.7 Å². The van der Waals surface area contributed by atoms with E-state index in [1.165, 1.54) is 0 Å². The van der Waals surface area contributed by atoms with Gasteiger partial charge in [0.2, 0.25) is 0 Å². The van der Waals surface area contributed by atoms with Crippen molar-refractivity contribution in [1.29, 1.82) is 5.26 Å². The Kier molecular flexibility index (Phi) is 5.00. The zero-order chi connectivity index (χ0) is 21.4. The highest BCUT2D eigenvalue weighted by Gasteiger charge is 2.26. The number of fused-ring (bicyclic) bond motifs is 3. The van der Waals surface area contributed by atoms with Gasteiger partial charge in [-0.15, -0.1) is 0 Å². The Morgan fingerprint density at radius 1 is 1.19 bits per heavy atom. The van der Waals surface area contributed by atoms with Crippen LogP contribution in [0.4, 0.5) is 0 Å². The highest BCUT2D eigenvalue weighted by Crippen LogP contribution is 2.34. The van der Waals surface area contributed by atoms with Gasteiger partial charge in [0.15, 0.2) is 0 Å². The van der Waals surface area contributed by atoms with Crippen LogP contribution in [-0.2, 0) is 11.2 Å². The van der Waals surface area contributed by atoms with Crippen molar-refractivity contribution in [1.82, 2.24) is 19.5 Å². The number of nitriles is 1. The zero-order valence-corrected chi connectivity index (χ0v) is 17.6. The second-order valence-corrected chi connectivity index (χ2v) is 7.96. The van der Waals surface area contributed by atoms with Gasteiger partial charge in [0.1, 0.15) is 17.1 Å². The fourth-order valence-corrected chi connectivity index (χ4v) is 4.42. The first-order valence-electron chi connectivity index (χ1n) is 10.5. The standard InChI is InChI=1S/C24H23N5O2/c1-15-9-18(7-8-31-15)29-23(11-17-4-5-19(30-2)13-26-17)28-22-14-27-21-6-3-16(12-25)10-20(21)24(22)29/h3-6,10,13-15,18H,7-9,11H2,1-2H3/t15-,18?/m1/s1. The van der Waals surface area contributed by atoms with Crippen LogP contribution >= 0.6 is 0 Å². The molecule has 1 unspecified atom stereocenters. The van der Waals surface area contributed by atoms with Crippen LogP contribution in [0.15, 0.2) is 42.7 Å². The van der Waals surface area contributed by atoms with Gasteiger partial charge < -0.3 is 14.0 Å². The summed E-state index contributed by atoms with van der Waals surface area (Å²) in [6.07, 6.45) is 6.18. The zero-order valence-electron chi connectivity index (χ0n) is 17.6. The maximum absolute atomic E-state index is 9.44. The molecule has 1 aliphatic rings. The molecule has 1 aliphatic heterocycles. The predicted octanol–water partition coefficient (Wildman–Crippen LogP) is 4.19. The lowest BCUT2D eigenvalue weighted by Crippen LogP contribution is -2.26. The molecule has 0 spiro atoms. The van der Waals surface area contributed by atoms with Gasteiger partial charge >= 0.3 is 0 Å². The van der Waals surface area contributed by atoms with Crippen molar-refractivity contribution >= 4 is 21.9 Å². The van der Waals surface area contributed by atoms with Gasteiger partial charge in [-0.05, 0) is 50.1 Å². The molecule has 7 heteroatoms. The van der Waals surface area contributed by atoms with Crippen molar-refractivity contribution in [3.8, 4) is 11.8 Å². The summed E-state index contributed by atoms with van der Waals surface area (Å²) < 4.78 is 13.4. The molecule has 2 atom stereocenters. The molecule has 1 fully saturated rings. The summed E-state index contributed by atoms with van der Waals surface area (Å²) in [5.41, 5.74) is 4.28. The van der Waals surface area contributed by atoms with E-state index in [1.807, 2.05) is 30.5 Å². The quantitative estimate of drug-likeness (QED) is 0.499. The summed E-state index contributed by atoms with van der Waals surface area (Å²) in [7, 11) is 1.63. The molecule has 31 heavy (non-hydrogen) atoms. The number of hydrogen-bond acceptors (Lipinski definition) is 6. The lowest BCUT2D eigenvalue weighted by Gasteiger charge is -2.30. The van der Waals surface area contributed by atoms with Gasteiger partial charge in [-0.1, -0.05) is 0 Å². The molecule has 1 aromatic carbocycles. The van der Waals surface area contributed by atoms with E-state index in [1.54, 1.807) is 19.4 Å². The normalized spacial score (nSPS) is 18.9. The van der Waals surface area contributed by atoms with Gasteiger partial charge in [-0.2, -0.15) is 5.26 Å². The molecule has 5 rings (SSSR count). The summed E-state index contributed by atoms with van der Waals surface area (Å²) in [6.45, 7) is 2.83. The summed E-state index contributed by atoms with van der Waals surface area (Å²) in [6, 6.07) is 12.0. The Balaban J connectivity index is 1.70. The van der Waals surface area contributed by atoms with E-state index < -0.39 is 0 Å². The molecular weight excluding hydrogens is 390 g/mol. The second kappa shape index (κ2) is 7.97. The smallest absolute Gasteiger partial charge is 0.137 e. The summed E-state index contributed by atoms with van der Waals surface area (Å²) in [5, 5.41) is 10.4. The number of ether oxygens (including phenoxy) is 2. The number of imidazole rings is 1.